The molecule has 0 aliphatic carbocycles. The quantitative estimate of drug-likeness (QED) is 0.329. The third-order valence-corrected chi connectivity index (χ3v) is 3.63. The number of non-ortho nitro benzene ring substituents is 1. The lowest BCUT2D eigenvalue weighted by molar-refractivity contribution is -0.384. The van der Waals surface area contributed by atoms with Crippen LogP contribution >= 0.6 is 0 Å². The van der Waals surface area contributed by atoms with Gasteiger partial charge in [0.1, 0.15) is 0 Å². The fourth-order valence-electron chi connectivity index (χ4n) is 2.47. The van der Waals surface area contributed by atoms with Crippen molar-refractivity contribution in [2.75, 3.05) is 0 Å². The number of nitrogens with two attached hydrogens (primary N) is 1. The Hall–Kier alpha value is -3.52. The lowest BCUT2D eigenvalue weighted by Crippen LogP contribution is -2.29. The molecule has 3 aromatic rings. The number of nitrogens with one attached hydrogen (secondary N) is 1. The van der Waals surface area contributed by atoms with Crippen LogP contribution in [0.25, 0.3) is 10.9 Å². The molecule has 0 aliphatic heterocycles. The van der Waals surface area contributed by atoms with E-state index >= 15 is 0 Å². The maximum absolute atomic E-state index is 12.7. The first-order chi connectivity index (χ1) is 11.5. The number of fused-ring (bicyclic) bond motifs is 1. The molecule has 0 saturated carbocycles. The van der Waals surface area contributed by atoms with Gasteiger partial charge in [-0.15, -0.1) is 0 Å². The van der Waals surface area contributed by atoms with Crippen molar-refractivity contribution in [3.05, 3.63) is 76.0 Å². The first-order valence-electron chi connectivity index (χ1n) is 6.93. The van der Waals surface area contributed by atoms with E-state index in [1.54, 1.807) is 24.3 Å². The Morgan fingerprint density at radius 2 is 1.75 bits per heavy atom. The van der Waals surface area contributed by atoms with E-state index in [4.69, 9.17) is 5.84 Å². The molecule has 0 atom stereocenters. The molecule has 0 bridgehead atoms. The average molecular weight is 324 g/mol. The molecule has 0 unspecified atom stereocenters. The first kappa shape index (κ1) is 15.4. The number of amides is 1. The Morgan fingerprint density at radius 1 is 1.08 bits per heavy atom. The molecule has 0 spiro atoms. The van der Waals surface area contributed by atoms with Crippen LogP contribution in [0.2, 0.25) is 0 Å². The summed E-state index contributed by atoms with van der Waals surface area (Å²) in [5.74, 6) is 4.26. The Balaban J connectivity index is 2.10. The van der Waals surface area contributed by atoms with Crippen LogP contribution in [0.15, 0.2) is 54.7 Å². The van der Waals surface area contributed by atoms with E-state index < -0.39 is 16.7 Å². The number of nitrogen functional groups attached to an aromatic ring is 1. The smallest absolute Gasteiger partial charge is 0.269 e. The predicted octanol–water partition coefficient (Wildman–Crippen LogP) is 1.84. The summed E-state index contributed by atoms with van der Waals surface area (Å²) in [5, 5.41) is 11.3. The zero-order valence-corrected chi connectivity index (χ0v) is 12.3. The van der Waals surface area contributed by atoms with E-state index in [9.17, 15) is 19.7 Å². The number of para-hydroxylation sites is 1. The minimum Gasteiger partial charge on any atom is -0.290 e. The summed E-state index contributed by atoms with van der Waals surface area (Å²) >= 11 is 0. The van der Waals surface area contributed by atoms with Gasteiger partial charge in [0.05, 0.1) is 16.0 Å². The van der Waals surface area contributed by atoms with Crippen LogP contribution < -0.4 is 11.3 Å². The zero-order valence-electron chi connectivity index (χ0n) is 12.3. The second-order valence-corrected chi connectivity index (χ2v) is 5.01. The largest absolute Gasteiger partial charge is 0.290 e. The second-order valence-electron chi connectivity index (χ2n) is 5.01. The van der Waals surface area contributed by atoms with Crippen molar-refractivity contribution >= 4 is 28.4 Å². The number of aromatic nitrogens is 1. The molecular formula is C16H12N4O4. The summed E-state index contributed by atoms with van der Waals surface area (Å²) in [6.07, 6.45) is 1.40. The topological polar surface area (TPSA) is 120 Å². The Kier molecular flexibility index (Phi) is 3.80. The fraction of sp³-hybridized carbons (Fsp3) is 0. The van der Waals surface area contributed by atoms with E-state index in [0.717, 1.165) is 0 Å². The number of hydrazine groups is 1. The lowest BCUT2D eigenvalue weighted by atomic mass is 10.1. The van der Waals surface area contributed by atoms with E-state index in [1.165, 1.54) is 35.0 Å². The van der Waals surface area contributed by atoms with Crippen LogP contribution in [0, 0.1) is 10.1 Å². The highest BCUT2D eigenvalue weighted by molar-refractivity contribution is 6.11. The van der Waals surface area contributed by atoms with Gasteiger partial charge in [-0.25, -0.2) is 5.84 Å². The summed E-state index contributed by atoms with van der Waals surface area (Å²) in [7, 11) is 0. The number of hydrogen-bond donors (Lipinski definition) is 2. The minimum absolute atomic E-state index is 0.105. The van der Waals surface area contributed by atoms with Crippen molar-refractivity contribution in [2.24, 2.45) is 5.84 Å². The van der Waals surface area contributed by atoms with Crippen molar-refractivity contribution in [3.63, 3.8) is 0 Å². The summed E-state index contributed by atoms with van der Waals surface area (Å²) in [5.41, 5.74) is 3.02. The van der Waals surface area contributed by atoms with Crippen molar-refractivity contribution < 1.29 is 14.5 Å². The molecule has 1 heterocycles. The number of benzene rings is 2. The number of carbonyl (C=O) groups is 2. The molecule has 0 fully saturated rings. The third-order valence-electron chi connectivity index (χ3n) is 3.63. The Bertz CT molecular complexity index is 960. The highest BCUT2D eigenvalue weighted by Gasteiger charge is 2.19. The van der Waals surface area contributed by atoms with E-state index in [2.05, 4.69) is 0 Å². The third kappa shape index (κ3) is 2.50. The van der Waals surface area contributed by atoms with Gasteiger partial charge in [0.2, 0.25) is 0 Å². The molecule has 0 saturated heterocycles. The highest BCUT2D eigenvalue weighted by atomic mass is 16.6. The van der Waals surface area contributed by atoms with E-state index in [1.807, 2.05) is 5.43 Å². The Morgan fingerprint density at radius 3 is 2.38 bits per heavy atom. The van der Waals surface area contributed by atoms with Crippen molar-refractivity contribution in [1.29, 1.82) is 0 Å². The maximum Gasteiger partial charge on any atom is 0.269 e. The molecule has 8 nitrogen and oxygen atoms in total. The molecule has 0 radical (unpaired) electrons. The van der Waals surface area contributed by atoms with Gasteiger partial charge in [-0.05, 0) is 18.2 Å². The van der Waals surface area contributed by atoms with Crippen LogP contribution in [0.4, 0.5) is 5.69 Å². The molecule has 1 amide bonds. The van der Waals surface area contributed by atoms with Crippen molar-refractivity contribution in [3.8, 4) is 0 Å². The van der Waals surface area contributed by atoms with E-state index in [0.29, 0.717) is 10.9 Å². The highest BCUT2D eigenvalue weighted by Crippen LogP contribution is 2.23. The normalized spacial score (nSPS) is 10.5. The molecule has 24 heavy (non-hydrogen) atoms. The SMILES string of the molecule is NNC(=O)c1cn(C(=O)c2ccc([N+](=O)[O-])cc2)c2ccccc12. The van der Waals surface area contributed by atoms with Gasteiger partial charge in [0.15, 0.2) is 0 Å². The Labute approximate surface area is 135 Å². The van der Waals surface area contributed by atoms with Gasteiger partial charge < -0.3 is 0 Å². The molecule has 0 aliphatic rings. The number of nitrogens with zero attached hydrogens (tertiary/aromatic N) is 2. The summed E-state index contributed by atoms with van der Waals surface area (Å²) in [6, 6.07) is 12.2. The molecule has 2 aromatic carbocycles. The number of carbonyl (C=O) groups excluding carboxylic acids is 2. The van der Waals surface area contributed by atoms with Gasteiger partial charge in [-0.1, -0.05) is 18.2 Å². The maximum atomic E-state index is 12.7. The van der Waals surface area contributed by atoms with Crippen LogP contribution in [-0.4, -0.2) is 21.3 Å². The first-order valence-corrected chi connectivity index (χ1v) is 6.93. The standard InChI is InChI=1S/C16H12N4O4/c17-18-15(21)13-9-19(14-4-2-1-3-12(13)14)16(22)10-5-7-11(8-6-10)20(23)24/h1-9H,17H2,(H,18,21). The van der Waals surface area contributed by atoms with Gasteiger partial charge in [-0.2, -0.15) is 0 Å². The van der Waals surface area contributed by atoms with Crippen molar-refractivity contribution in [2.45, 2.75) is 0 Å². The molecular weight excluding hydrogens is 312 g/mol. The van der Waals surface area contributed by atoms with Crippen molar-refractivity contribution in [1.82, 2.24) is 9.99 Å². The summed E-state index contributed by atoms with van der Waals surface area (Å²) < 4.78 is 1.32. The molecule has 1 aromatic heterocycles. The van der Waals surface area contributed by atoms with Crippen LogP contribution in [0.5, 0.6) is 0 Å². The van der Waals surface area contributed by atoms with Crippen LogP contribution in [0.1, 0.15) is 20.7 Å². The summed E-state index contributed by atoms with van der Waals surface area (Å²) in [6.45, 7) is 0. The monoisotopic (exact) mass is 324 g/mol. The van der Waals surface area contributed by atoms with Gasteiger partial charge in [0, 0.05) is 29.3 Å². The fourth-order valence-corrected chi connectivity index (χ4v) is 2.47. The molecule has 3 rings (SSSR count). The van der Waals surface area contributed by atoms with Crippen LogP contribution in [-0.2, 0) is 0 Å². The average Bonchev–Trinajstić information content (AvgIpc) is 3.00. The predicted molar refractivity (Wildman–Crippen MR) is 86.4 cm³/mol. The number of nitro groups is 1. The van der Waals surface area contributed by atoms with Gasteiger partial charge in [-0.3, -0.25) is 29.7 Å². The van der Waals surface area contributed by atoms with Crippen LogP contribution in [0.3, 0.4) is 0 Å². The molecule has 3 N–H and O–H groups in total. The summed E-state index contributed by atoms with van der Waals surface area (Å²) in [4.78, 5) is 34.7. The minimum atomic E-state index is -0.539. The number of rotatable bonds is 3. The van der Waals surface area contributed by atoms with E-state index in [-0.39, 0.29) is 16.8 Å². The number of hydrogen-bond acceptors (Lipinski definition) is 5. The second kappa shape index (κ2) is 5.94. The molecule has 120 valence electrons. The van der Waals surface area contributed by atoms with Gasteiger partial charge in [0.25, 0.3) is 17.5 Å². The number of nitro benzene ring substituents is 1. The molecule has 8 heteroatoms. The zero-order chi connectivity index (χ0) is 17.3. The van der Waals surface area contributed by atoms with Gasteiger partial charge >= 0.3 is 0 Å². The lowest BCUT2D eigenvalue weighted by Gasteiger charge is -2.04.